The highest BCUT2D eigenvalue weighted by molar-refractivity contribution is 6.48. The van der Waals surface area contributed by atoms with Crippen molar-refractivity contribution in [3.8, 4) is 5.75 Å². The number of nitrogens with two attached hydrogens (primary N) is 1. The molecular formula is C37H49BF2N2O8. The number of methoxy groups -OCH3 is 1. The summed E-state index contributed by atoms with van der Waals surface area (Å²) in [7, 11) is 0.464. The number of hydrogen-bond donors (Lipinski definition) is 2. The zero-order valence-electron chi connectivity index (χ0n) is 30.6. The maximum atomic E-state index is 15.4. The third-order valence-electron chi connectivity index (χ3n) is 10.3. The van der Waals surface area contributed by atoms with Crippen LogP contribution in [-0.2, 0) is 30.0 Å². The molecule has 2 aromatic carbocycles. The largest absolute Gasteiger partial charge is 0.496 e. The van der Waals surface area contributed by atoms with E-state index in [0.717, 1.165) is 25.0 Å². The third kappa shape index (κ3) is 7.27. The number of hydrogen-bond acceptors (Lipinski definition) is 9. The van der Waals surface area contributed by atoms with Gasteiger partial charge in [0.25, 0.3) is 0 Å². The molecule has 0 radical (unpaired) electrons. The first-order valence-corrected chi connectivity index (χ1v) is 17.1. The lowest BCUT2D eigenvalue weighted by atomic mass is 9.43. The van der Waals surface area contributed by atoms with Crippen molar-refractivity contribution in [1.82, 2.24) is 5.32 Å². The molecule has 272 valence electrons. The Morgan fingerprint density at radius 2 is 1.60 bits per heavy atom. The van der Waals surface area contributed by atoms with Gasteiger partial charge in [0.15, 0.2) is 0 Å². The van der Waals surface area contributed by atoms with Gasteiger partial charge in [0.1, 0.15) is 40.2 Å². The number of nitrogens with one attached hydrogen (secondary N) is 1. The Hall–Kier alpha value is -3.55. The van der Waals surface area contributed by atoms with Crippen molar-refractivity contribution in [2.75, 3.05) is 7.11 Å². The Balaban J connectivity index is 1.46. The quantitative estimate of drug-likeness (QED) is 0.243. The van der Waals surface area contributed by atoms with E-state index in [1.165, 1.54) is 7.11 Å². The van der Waals surface area contributed by atoms with E-state index in [9.17, 15) is 14.4 Å². The molecule has 1 aliphatic heterocycles. The molecule has 2 aromatic rings. The van der Waals surface area contributed by atoms with Crippen molar-refractivity contribution in [1.29, 1.82) is 0 Å². The molecule has 0 spiro atoms. The van der Waals surface area contributed by atoms with Crippen molar-refractivity contribution in [3.05, 3.63) is 64.2 Å². The first-order valence-electron chi connectivity index (χ1n) is 17.1. The van der Waals surface area contributed by atoms with E-state index in [-0.39, 0.29) is 40.7 Å². The zero-order valence-corrected chi connectivity index (χ0v) is 30.6. The minimum atomic E-state index is -1.80. The average Bonchev–Trinajstić information content (AvgIpc) is 3.35. The normalized spacial score (nSPS) is 25.1. The second kappa shape index (κ2) is 13.2. The van der Waals surface area contributed by atoms with Crippen molar-refractivity contribution < 1.29 is 46.7 Å². The first kappa shape index (κ1) is 37.7. The highest BCUT2D eigenvalue weighted by atomic mass is 19.1. The summed E-state index contributed by atoms with van der Waals surface area (Å²) in [6.45, 7) is 16.6. The maximum absolute atomic E-state index is 15.4. The minimum Gasteiger partial charge on any atom is -0.496 e. The van der Waals surface area contributed by atoms with Crippen LogP contribution < -0.4 is 15.8 Å². The lowest BCUT2D eigenvalue weighted by Crippen LogP contribution is -2.65. The topological polar surface area (TPSA) is 135 Å². The first-order chi connectivity index (χ1) is 23.1. The summed E-state index contributed by atoms with van der Waals surface area (Å²) in [5, 5.41) is 2.83. The minimum absolute atomic E-state index is 0.0474. The van der Waals surface area contributed by atoms with E-state index in [2.05, 4.69) is 19.2 Å². The lowest BCUT2D eigenvalue weighted by Gasteiger charge is -2.64. The van der Waals surface area contributed by atoms with E-state index in [0.29, 0.717) is 11.5 Å². The summed E-state index contributed by atoms with van der Waals surface area (Å²) in [4.78, 5) is 39.4. The van der Waals surface area contributed by atoms with Gasteiger partial charge in [-0.15, -0.1) is 0 Å². The number of amides is 1. The van der Waals surface area contributed by atoms with Crippen LogP contribution in [0.15, 0.2) is 30.3 Å². The summed E-state index contributed by atoms with van der Waals surface area (Å²) < 4.78 is 60.5. The van der Waals surface area contributed by atoms with E-state index >= 15 is 8.78 Å². The van der Waals surface area contributed by atoms with Crippen molar-refractivity contribution in [2.45, 2.75) is 116 Å². The number of carbonyl (C=O) groups is 3. The van der Waals surface area contributed by atoms with Gasteiger partial charge in [-0.3, -0.25) is 4.79 Å². The van der Waals surface area contributed by atoms with Crippen LogP contribution in [0.3, 0.4) is 0 Å². The van der Waals surface area contributed by atoms with Crippen LogP contribution in [0.25, 0.3) is 0 Å². The van der Waals surface area contributed by atoms with E-state index < -0.39 is 70.9 Å². The number of benzene rings is 2. The average molecular weight is 699 g/mol. The van der Waals surface area contributed by atoms with Crippen LogP contribution in [0.4, 0.5) is 8.78 Å². The predicted octanol–water partition coefficient (Wildman–Crippen LogP) is 5.88. The van der Waals surface area contributed by atoms with Gasteiger partial charge in [-0.2, -0.15) is 0 Å². The van der Waals surface area contributed by atoms with E-state index in [1.807, 2.05) is 6.92 Å². The van der Waals surface area contributed by atoms with Gasteiger partial charge >= 0.3 is 19.1 Å². The molecule has 4 aliphatic rings. The van der Waals surface area contributed by atoms with Gasteiger partial charge in [-0.25, -0.2) is 18.4 Å². The zero-order chi connectivity index (χ0) is 37.1. The molecule has 0 aromatic heterocycles. The Morgan fingerprint density at radius 3 is 2.16 bits per heavy atom. The Morgan fingerprint density at radius 1 is 1.00 bits per heavy atom. The van der Waals surface area contributed by atoms with Gasteiger partial charge < -0.3 is 34.6 Å². The Kier molecular flexibility index (Phi) is 9.96. The second-order valence-electron chi connectivity index (χ2n) is 16.5. The smallest absolute Gasteiger partial charge is 0.482 e. The number of para-hydroxylation sites is 1. The molecule has 1 heterocycles. The summed E-state index contributed by atoms with van der Waals surface area (Å²) in [5.41, 5.74) is 3.64. The molecule has 1 unspecified atom stereocenters. The summed E-state index contributed by atoms with van der Waals surface area (Å²) >= 11 is 0. The molecule has 6 rings (SSSR count). The van der Waals surface area contributed by atoms with E-state index in [4.69, 9.17) is 29.3 Å². The van der Waals surface area contributed by atoms with Gasteiger partial charge in [-0.05, 0) is 109 Å². The van der Waals surface area contributed by atoms with Crippen LogP contribution in [0.5, 0.6) is 5.75 Å². The molecule has 50 heavy (non-hydrogen) atoms. The van der Waals surface area contributed by atoms with Crippen LogP contribution in [0.1, 0.15) is 113 Å². The van der Waals surface area contributed by atoms with Crippen LogP contribution >= 0.6 is 0 Å². The fourth-order valence-electron chi connectivity index (χ4n) is 7.74. The molecule has 3 aliphatic carbocycles. The van der Waals surface area contributed by atoms with Crippen molar-refractivity contribution >= 4 is 25.0 Å². The summed E-state index contributed by atoms with van der Waals surface area (Å²) in [6, 6.07) is 4.79. The summed E-state index contributed by atoms with van der Waals surface area (Å²) in [6.07, 6.45) is 1.60. The van der Waals surface area contributed by atoms with Crippen LogP contribution in [0, 0.1) is 28.9 Å². The number of carbonyl (C=O) groups excluding carboxylic acids is 3. The molecule has 10 nitrogen and oxygen atoms in total. The monoisotopic (exact) mass is 698 g/mol. The standard InChI is InChI=1S/C37H49BF2N2O8/c1-34(2,3)47-32(44)20-14-23(39)28(24(40)15-20)29(41)31(43)42-27(38-49-26-18-21-17-25(36(21,7)8)37(26,9)50-38)16-19-12-11-13-22(30(19)46-10)33(45)48-35(4,5)6/h11-15,21,25-27,29H,16-18,41H2,1-10H3,(H,42,43)/t21-,25-,26+,27+,29?,37-/m0/s1. The Labute approximate surface area is 293 Å². The fraction of sp³-hybridized carbons (Fsp3) is 0.595. The SMILES string of the molecule is COc1c(C[C@@H](NC(=O)C(N)c2c(F)cc(C(=O)OC(C)(C)C)cc2F)B2O[C@@H]3C[C@@H]4C[C@@H](C4(C)C)[C@]3(C)O2)cccc1C(=O)OC(C)(C)C. The molecule has 1 amide bonds. The summed E-state index contributed by atoms with van der Waals surface area (Å²) in [5.74, 6) is -4.76. The van der Waals surface area contributed by atoms with Gasteiger partial charge in [-0.1, -0.05) is 26.0 Å². The number of esters is 2. The Bertz CT molecular complexity index is 1650. The molecule has 3 N–H and O–H groups in total. The molecule has 3 saturated carbocycles. The van der Waals surface area contributed by atoms with Crippen LogP contribution in [-0.4, -0.2) is 60.9 Å². The molecular weight excluding hydrogens is 649 g/mol. The third-order valence-corrected chi connectivity index (χ3v) is 10.3. The van der Waals surface area contributed by atoms with Gasteiger partial charge in [0, 0.05) is 5.56 Å². The van der Waals surface area contributed by atoms with Crippen molar-refractivity contribution in [2.24, 2.45) is 23.0 Å². The van der Waals surface area contributed by atoms with Crippen LogP contribution in [0.2, 0.25) is 0 Å². The predicted molar refractivity (Wildman–Crippen MR) is 182 cm³/mol. The molecule has 2 bridgehead atoms. The van der Waals surface area contributed by atoms with Crippen molar-refractivity contribution in [3.63, 3.8) is 0 Å². The van der Waals surface area contributed by atoms with Gasteiger partial charge in [0.05, 0.1) is 30.3 Å². The number of rotatable bonds is 9. The lowest BCUT2D eigenvalue weighted by molar-refractivity contribution is -0.199. The highest BCUT2D eigenvalue weighted by Gasteiger charge is 2.68. The number of halogens is 2. The fourth-order valence-corrected chi connectivity index (χ4v) is 7.74. The molecule has 13 heteroatoms. The van der Waals surface area contributed by atoms with E-state index in [1.54, 1.807) is 59.7 Å². The molecule has 1 saturated heterocycles. The molecule has 6 atom stereocenters. The number of ether oxygens (including phenoxy) is 3. The molecule has 4 fully saturated rings. The maximum Gasteiger partial charge on any atom is 0.482 e. The highest BCUT2D eigenvalue weighted by Crippen LogP contribution is 2.65. The second-order valence-corrected chi connectivity index (χ2v) is 16.5. The van der Waals surface area contributed by atoms with Gasteiger partial charge in [0.2, 0.25) is 5.91 Å².